The number of hydrogen-bond acceptors (Lipinski definition) is 1. The van der Waals surface area contributed by atoms with Gasteiger partial charge in [0, 0.05) is 11.2 Å². The molecule has 0 radical (unpaired) electrons. The predicted molar refractivity (Wildman–Crippen MR) is 73.2 cm³/mol. The third-order valence-electron chi connectivity index (χ3n) is 1.93. The molecule has 15 heavy (non-hydrogen) atoms. The van der Waals surface area contributed by atoms with Crippen molar-refractivity contribution in [3.05, 3.63) is 49.2 Å². The first kappa shape index (κ1) is 11.4. The third-order valence-corrected chi connectivity index (χ3v) is 4.30. The first-order chi connectivity index (χ1) is 7.15. The number of benzene rings is 1. The predicted octanol–water partition coefficient (Wildman–Crippen LogP) is 3.95. The van der Waals surface area contributed by atoms with Crippen molar-refractivity contribution >= 4 is 50.1 Å². The van der Waals surface area contributed by atoms with E-state index in [-0.39, 0.29) is 0 Å². The molecule has 0 fully saturated rings. The highest BCUT2D eigenvalue weighted by Crippen LogP contribution is 2.17. The molecule has 1 aromatic carbocycles. The maximum Gasteiger partial charge on any atom is 0.137 e. The summed E-state index contributed by atoms with van der Waals surface area (Å²) in [5, 5.41) is 5.11. The highest BCUT2D eigenvalue weighted by Gasteiger charge is 2.03. The molecule has 1 aromatic heterocycles. The molecule has 5 heteroatoms. The van der Waals surface area contributed by atoms with E-state index in [1.54, 1.807) is 0 Å². The van der Waals surface area contributed by atoms with Gasteiger partial charge in [-0.15, -0.1) is 0 Å². The van der Waals surface area contributed by atoms with Crippen LogP contribution in [0.2, 0.25) is 5.02 Å². The van der Waals surface area contributed by atoms with Crippen molar-refractivity contribution in [1.82, 2.24) is 9.78 Å². The van der Waals surface area contributed by atoms with E-state index in [1.807, 2.05) is 35.1 Å². The lowest BCUT2D eigenvalue weighted by Gasteiger charge is -2.01. The van der Waals surface area contributed by atoms with E-state index in [2.05, 4.69) is 43.6 Å². The van der Waals surface area contributed by atoms with Crippen molar-refractivity contribution in [2.24, 2.45) is 0 Å². The Labute approximate surface area is 115 Å². The number of nitrogens with zero attached hydrogens (tertiary/aromatic N) is 2. The average molecular weight is 397 g/mol. The van der Waals surface area contributed by atoms with Gasteiger partial charge in [0.15, 0.2) is 0 Å². The molecule has 0 aliphatic carbocycles. The Kier molecular flexibility index (Phi) is 3.69. The molecule has 0 bridgehead atoms. The van der Waals surface area contributed by atoms with E-state index in [4.69, 9.17) is 11.6 Å². The largest absolute Gasteiger partial charge is 0.266 e. The van der Waals surface area contributed by atoms with Crippen LogP contribution in [-0.2, 0) is 6.54 Å². The van der Waals surface area contributed by atoms with Crippen LogP contribution in [0.25, 0.3) is 0 Å². The summed E-state index contributed by atoms with van der Waals surface area (Å²) >= 11 is 11.4. The molecule has 78 valence electrons. The van der Waals surface area contributed by atoms with Crippen LogP contribution >= 0.6 is 50.1 Å². The van der Waals surface area contributed by atoms with Crippen molar-refractivity contribution in [3.8, 4) is 0 Å². The Balaban J connectivity index is 2.18. The molecule has 0 aliphatic heterocycles. The minimum atomic E-state index is 0.759. The molecule has 2 aromatic rings. The summed E-state index contributed by atoms with van der Waals surface area (Å²) < 4.78 is 3.90. The SMILES string of the molecule is Clc1ccc(Cn2cc(Br)c(I)n2)cc1. The zero-order valence-corrected chi connectivity index (χ0v) is 12.1. The van der Waals surface area contributed by atoms with Crippen LogP contribution in [0.4, 0.5) is 0 Å². The summed E-state index contributed by atoms with van der Waals surface area (Å²) in [6.07, 6.45) is 1.97. The van der Waals surface area contributed by atoms with Crippen molar-refractivity contribution in [2.45, 2.75) is 6.54 Å². The minimum absolute atomic E-state index is 0.759. The number of halogens is 3. The molecule has 0 aliphatic rings. The molecule has 0 N–H and O–H groups in total. The lowest BCUT2D eigenvalue weighted by atomic mass is 10.2. The second-order valence-corrected chi connectivity index (χ2v) is 5.40. The fourth-order valence-corrected chi connectivity index (χ4v) is 2.09. The summed E-state index contributed by atoms with van der Waals surface area (Å²) in [5.41, 5.74) is 1.19. The fraction of sp³-hybridized carbons (Fsp3) is 0.100. The summed E-state index contributed by atoms with van der Waals surface area (Å²) in [6.45, 7) is 0.763. The van der Waals surface area contributed by atoms with Crippen LogP contribution in [0, 0.1) is 3.70 Å². The van der Waals surface area contributed by atoms with Crippen LogP contribution in [-0.4, -0.2) is 9.78 Å². The fourth-order valence-electron chi connectivity index (χ4n) is 1.23. The normalized spacial score (nSPS) is 10.6. The van der Waals surface area contributed by atoms with E-state index in [0.717, 1.165) is 19.7 Å². The van der Waals surface area contributed by atoms with Gasteiger partial charge in [0.2, 0.25) is 0 Å². The van der Waals surface area contributed by atoms with Crippen molar-refractivity contribution < 1.29 is 0 Å². The summed E-state index contributed by atoms with van der Waals surface area (Å²) in [4.78, 5) is 0. The molecule has 2 rings (SSSR count). The quantitative estimate of drug-likeness (QED) is 0.702. The number of hydrogen-bond donors (Lipinski definition) is 0. The standard InChI is InChI=1S/C10H7BrClIN2/c11-9-6-15(14-10(9)13)5-7-1-3-8(12)4-2-7/h1-4,6H,5H2. The Bertz CT molecular complexity index is 447. The smallest absolute Gasteiger partial charge is 0.137 e. The van der Waals surface area contributed by atoms with Gasteiger partial charge in [0.25, 0.3) is 0 Å². The first-order valence-corrected chi connectivity index (χ1v) is 6.53. The van der Waals surface area contributed by atoms with Gasteiger partial charge in [-0.25, -0.2) is 0 Å². The minimum Gasteiger partial charge on any atom is -0.266 e. The maximum atomic E-state index is 5.81. The van der Waals surface area contributed by atoms with Crippen LogP contribution in [0.1, 0.15) is 5.56 Å². The van der Waals surface area contributed by atoms with Gasteiger partial charge in [-0.2, -0.15) is 5.10 Å². The lowest BCUT2D eigenvalue weighted by Crippen LogP contribution is -1.99. The topological polar surface area (TPSA) is 17.8 Å². The second kappa shape index (κ2) is 4.84. The highest BCUT2D eigenvalue weighted by molar-refractivity contribution is 14.1. The van der Waals surface area contributed by atoms with Gasteiger partial charge in [-0.05, 0) is 56.2 Å². The van der Waals surface area contributed by atoms with Crippen LogP contribution in [0.5, 0.6) is 0 Å². The molecule has 0 unspecified atom stereocenters. The Hall–Kier alpha value is -0.0700. The summed E-state index contributed by atoms with van der Waals surface area (Å²) in [6, 6.07) is 7.79. The molecule has 1 heterocycles. The van der Waals surface area contributed by atoms with Crippen LogP contribution < -0.4 is 0 Å². The van der Waals surface area contributed by atoms with Gasteiger partial charge in [-0.3, -0.25) is 4.68 Å². The van der Waals surface area contributed by atoms with E-state index >= 15 is 0 Å². The molecule has 2 nitrogen and oxygen atoms in total. The number of rotatable bonds is 2. The zero-order chi connectivity index (χ0) is 10.8. The highest BCUT2D eigenvalue weighted by atomic mass is 127. The third kappa shape index (κ3) is 2.95. The molecule has 0 saturated heterocycles. The van der Waals surface area contributed by atoms with E-state index in [0.29, 0.717) is 0 Å². The molecule has 0 saturated carbocycles. The number of aromatic nitrogens is 2. The van der Waals surface area contributed by atoms with Gasteiger partial charge >= 0.3 is 0 Å². The summed E-state index contributed by atoms with van der Waals surface area (Å²) in [5.74, 6) is 0. The average Bonchev–Trinajstić information content (AvgIpc) is 2.50. The Morgan fingerprint density at radius 2 is 2.00 bits per heavy atom. The van der Waals surface area contributed by atoms with E-state index in [1.165, 1.54) is 5.56 Å². The van der Waals surface area contributed by atoms with Crippen LogP contribution in [0.3, 0.4) is 0 Å². The molecule has 0 atom stereocenters. The molecular weight excluding hydrogens is 390 g/mol. The van der Waals surface area contributed by atoms with Crippen molar-refractivity contribution in [2.75, 3.05) is 0 Å². The molecule has 0 spiro atoms. The lowest BCUT2D eigenvalue weighted by molar-refractivity contribution is 0.681. The zero-order valence-electron chi connectivity index (χ0n) is 7.62. The van der Waals surface area contributed by atoms with Gasteiger partial charge in [0.05, 0.1) is 11.0 Å². The Morgan fingerprint density at radius 3 is 2.53 bits per heavy atom. The monoisotopic (exact) mass is 396 g/mol. The molecular formula is C10H7BrClIN2. The Morgan fingerprint density at radius 1 is 1.33 bits per heavy atom. The van der Waals surface area contributed by atoms with Gasteiger partial charge < -0.3 is 0 Å². The van der Waals surface area contributed by atoms with Crippen LogP contribution in [0.15, 0.2) is 34.9 Å². The maximum absolute atomic E-state index is 5.81. The first-order valence-electron chi connectivity index (χ1n) is 4.28. The second-order valence-electron chi connectivity index (χ2n) is 3.09. The van der Waals surface area contributed by atoms with Gasteiger partial charge in [0.1, 0.15) is 3.70 Å². The van der Waals surface area contributed by atoms with Crippen molar-refractivity contribution in [1.29, 1.82) is 0 Å². The van der Waals surface area contributed by atoms with E-state index < -0.39 is 0 Å². The summed E-state index contributed by atoms with van der Waals surface area (Å²) in [7, 11) is 0. The van der Waals surface area contributed by atoms with Gasteiger partial charge in [-0.1, -0.05) is 23.7 Å². The molecule has 0 amide bonds. The van der Waals surface area contributed by atoms with E-state index in [9.17, 15) is 0 Å². The van der Waals surface area contributed by atoms with Crippen molar-refractivity contribution in [3.63, 3.8) is 0 Å².